The average molecular weight is 289 g/mol. The number of benzene rings is 1. The zero-order chi connectivity index (χ0) is 14.6. The molecular weight excluding hydrogens is 273 g/mol. The van der Waals surface area contributed by atoms with Crippen molar-refractivity contribution in [3.63, 3.8) is 0 Å². The topological polar surface area (TPSA) is 105 Å². The highest BCUT2D eigenvalue weighted by Crippen LogP contribution is 2.16. The Labute approximate surface area is 111 Å². The van der Waals surface area contributed by atoms with Crippen molar-refractivity contribution in [2.45, 2.75) is 31.2 Å². The van der Waals surface area contributed by atoms with Crippen molar-refractivity contribution in [1.29, 1.82) is 0 Å². The molecule has 0 heterocycles. The summed E-state index contributed by atoms with van der Waals surface area (Å²) >= 11 is 0. The van der Waals surface area contributed by atoms with Crippen LogP contribution < -0.4 is 10.5 Å². The minimum absolute atomic E-state index is 0.000240. The van der Waals surface area contributed by atoms with Crippen molar-refractivity contribution < 1.29 is 18.0 Å². The monoisotopic (exact) mass is 289 g/mol. The number of oxime groups is 1. The molecule has 1 atom stereocenters. The van der Waals surface area contributed by atoms with E-state index < -0.39 is 21.9 Å². The van der Waals surface area contributed by atoms with Crippen LogP contribution in [0.3, 0.4) is 0 Å². The van der Waals surface area contributed by atoms with Gasteiger partial charge in [0.25, 0.3) is 0 Å². The number of hydrogen-bond donors (Lipinski definition) is 3. The van der Waals surface area contributed by atoms with Gasteiger partial charge in [0.15, 0.2) is 0 Å². The van der Waals surface area contributed by atoms with Gasteiger partial charge in [-0.2, -0.15) is 0 Å². The number of nitrogens with zero attached hydrogens (tertiary/aromatic N) is 1. The molecule has 0 amide bonds. The van der Waals surface area contributed by atoms with Gasteiger partial charge in [-0.05, 0) is 37.6 Å². The van der Waals surface area contributed by atoms with Crippen LogP contribution in [0.25, 0.3) is 0 Å². The molecule has 19 heavy (non-hydrogen) atoms. The predicted octanol–water partition coefficient (Wildman–Crippen LogP) is 0.937. The van der Waals surface area contributed by atoms with Gasteiger partial charge < -0.3 is 10.9 Å². The Bertz CT molecular complexity index is 587. The van der Waals surface area contributed by atoms with Crippen molar-refractivity contribution in [2.24, 2.45) is 10.9 Å². The summed E-state index contributed by atoms with van der Waals surface area (Å²) in [6, 6.07) is 2.87. The van der Waals surface area contributed by atoms with Gasteiger partial charge in [-0.3, -0.25) is 0 Å². The van der Waals surface area contributed by atoms with E-state index in [0.29, 0.717) is 5.56 Å². The Morgan fingerprint density at radius 2 is 2.21 bits per heavy atom. The Morgan fingerprint density at radius 3 is 2.74 bits per heavy atom. The first-order chi connectivity index (χ1) is 8.76. The van der Waals surface area contributed by atoms with Crippen molar-refractivity contribution in [2.75, 3.05) is 0 Å². The minimum Gasteiger partial charge on any atom is -0.409 e. The minimum atomic E-state index is -3.77. The first-order valence-electron chi connectivity index (χ1n) is 5.51. The highest BCUT2D eigenvalue weighted by Gasteiger charge is 2.20. The maximum absolute atomic E-state index is 12.9. The average Bonchev–Trinajstić information content (AvgIpc) is 2.26. The molecule has 0 aliphatic heterocycles. The highest BCUT2D eigenvalue weighted by atomic mass is 32.2. The van der Waals surface area contributed by atoms with E-state index in [-0.39, 0.29) is 17.2 Å². The summed E-state index contributed by atoms with van der Waals surface area (Å²) in [6.45, 7) is 3.08. The van der Waals surface area contributed by atoms with Crippen LogP contribution in [0, 0.1) is 12.7 Å². The second-order valence-electron chi connectivity index (χ2n) is 4.23. The molecule has 1 unspecified atom stereocenters. The van der Waals surface area contributed by atoms with E-state index in [1.54, 1.807) is 6.92 Å². The molecule has 0 radical (unpaired) electrons. The van der Waals surface area contributed by atoms with Crippen molar-refractivity contribution in [3.8, 4) is 0 Å². The van der Waals surface area contributed by atoms with Gasteiger partial charge in [-0.25, -0.2) is 17.5 Å². The summed E-state index contributed by atoms with van der Waals surface area (Å²) in [6.07, 6.45) is 0.0654. The van der Waals surface area contributed by atoms with Crippen LogP contribution in [0.4, 0.5) is 4.39 Å². The molecule has 0 spiro atoms. The summed E-state index contributed by atoms with van der Waals surface area (Å²) in [5, 5.41) is 11.2. The van der Waals surface area contributed by atoms with E-state index in [9.17, 15) is 12.8 Å². The standard InChI is InChI=1S/C11H16FN3O3S/c1-7-5-9(12)3-4-10(7)19(17,18)15-8(2)6-11(13)14-16/h3-5,8,15-16H,6H2,1-2H3,(H2,13,14). The van der Waals surface area contributed by atoms with Crippen molar-refractivity contribution >= 4 is 15.9 Å². The van der Waals surface area contributed by atoms with Crippen LogP contribution in [0.1, 0.15) is 18.9 Å². The molecule has 1 aromatic carbocycles. The number of nitrogens with one attached hydrogen (secondary N) is 1. The SMILES string of the molecule is Cc1cc(F)ccc1S(=O)(=O)NC(C)C/C(N)=N/O. The molecule has 1 aromatic rings. The van der Waals surface area contributed by atoms with Gasteiger partial charge in [0.1, 0.15) is 11.7 Å². The van der Waals surface area contributed by atoms with Crippen LogP contribution in [0.5, 0.6) is 0 Å². The van der Waals surface area contributed by atoms with Crippen LogP contribution in [0.2, 0.25) is 0 Å². The summed E-state index contributed by atoms with van der Waals surface area (Å²) in [4.78, 5) is 0.000240. The second kappa shape index (κ2) is 5.98. The summed E-state index contributed by atoms with van der Waals surface area (Å²) in [5.41, 5.74) is 5.61. The fourth-order valence-corrected chi connectivity index (χ4v) is 3.11. The molecule has 0 saturated heterocycles. The molecule has 0 aromatic heterocycles. The molecule has 0 aliphatic carbocycles. The molecule has 0 saturated carbocycles. The number of amidine groups is 1. The number of aryl methyl sites for hydroxylation is 1. The molecule has 0 aliphatic rings. The molecule has 4 N–H and O–H groups in total. The molecule has 106 valence electrons. The van der Waals surface area contributed by atoms with Gasteiger partial charge in [-0.15, -0.1) is 0 Å². The lowest BCUT2D eigenvalue weighted by Gasteiger charge is -2.14. The normalized spacial score (nSPS) is 14.4. The number of hydrogen-bond acceptors (Lipinski definition) is 4. The molecule has 1 rings (SSSR count). The molecular formula is C11H16FN3O3S. The number of rotatable bonds is 5. The number of nitrogens with two attached hydrogens (primary N) is 1. The highest BCUT2D eigenvalue weighted by molar-refractivity contribution is 7.89. The first kappa shape index (κ1) is 15.4. The third-order valence-corrected chi connectivity index (χ3v) is 4.18. The van der Waals surface area contributed by atoms with E-state index in [1.165, 1.54) is 13.0 Å². The molecule has 0 fully saturated rings. The summed E-state index contributed by atoms with van der Waals surface area (Å²) in [7, 11) is -3.77. The van der Waals surface area contributed by atoms with E-state index in [2.05, 4.69) is 9.88 Å². The second-order valence-corrected chi connectivity index (χ2v) is 5.91. The van der Waals surface area contributed by atoms with Gasteiger partial charge >= 0.3 is 0 Å². The summed E-state index contributed by atoms with van der Waals surface area (Å²) in [5.74, 6) is -0.577. The maximum atomic E-state index is 12.9. The Hall–Kier alpha value is -1.67. The zero-order valence-corrected chi connectivity index (χ0v) is 11.4. The zero-order valence-electron chi connectivity index (χ0n) is 10.6. The Kier molecular flexibility index (Phi) is 4.84. The van der Waals surface area contributed by atoms with Gasteiger partial charge in [0.05, 0.1) is 4.90 Å². The predicted molar refractivity (Wildman–Crippen MR) is 68.9 cm³/mol. The van der Waals surface area contributed by atoms with Gasteiger partial charge in [-0.1, -0.05) is 5.16 Å². The van der Waals surface area contributed by atoms with Crippen LogP contribution in [-0.4, -0.2) is 25.5 Å². The smallest absolute Gasteiger partial charge is 0.241 e. The molecule has 6 nitrogen and oxygen atoms in total. The third-order valence-electron chi connectivity index (χ3n) is 2.43. The van der Waals surface area contributed by atoms with Gasteiger partial charge in [0.2, 0.25) is 10.0 Å². The number of sulfonamides is 1. The molecule has 0 bridgehead atoms. The van der Waals surface area contributed by atoms with E-state index >= 15 is 0 Å². The van der Waals surface area contributed by atoms with E-state index in [0.717, 1.165) is 12.1 Å². The molecule has 8 heteroatoms. The van der Waals surface area contributed by atoms with Crippen molar-refractivity contribution in [1.82, 2.24) is 4.72 Å². The largest absolute Gasteiger partial charge is 0.409 e. The van der Waals surface area contributed by atoms with Crippen LogP contribution in [0.15, 0.2) is 28.3 Å². The van der Waals surface area contributed by atoms with Crippen LogP contribution in [-0.2, 0) is 10.0 Å². The Balaban J connectivity index is 2.92. The third kappa shape index (κ3) is 4.18. The summed E-state index contributed by atoms with van der Waals surface area (Å²) < 4.78 is 39.5. The number of halogens is 1. The lowest BCUT2D eigenvalue weighted by Crippen LogP contribution is -2.36. The lowest BCUT2D eigenvalue weighted by molar-refractivity contribution is 0.316. The Morgan fingerprint density at radius 1 is 1.58 bits per heavy atom. The van der Waals surface area contributed by atoms with E-state index in [4.69, 9.17) is 10.9 Å². The maximum Gasteiger partial charge on any atom is 0.241 e. The first-order valence-corrected chi connectivity index (χ1v) is 6.99. The van der Waals surface area contributed by atoms with Gasteiger partial charge in [0, 0.05) is 12.5 Å². The van der Waals surface area contributed by atoms with Crippen LogP contribution >= 0.6 is 0 Å². The lowest BCUT2D eigenvalue weighted by atomic mass is 10.2. The quantitative estimate of drug-likeness (QED) is 0.324. The fraction of sp³-hybridized carbons (Fsp3) is 0.364. The van der Waals surface area contributed by atoms with Crippen molar-refractivity contribution in [3.05, 3.63) is 29.6 Å². The van der Waals surface area contributed by atoms with E-state index in [1.807, 2.05) is 0 Å². The fourth-order valence-electron chi connectivity index (χ4n) is 1.64.